The van der Waals surface area contributed by atoms with E-state index in [1.165, 1.54) is 0 Å². The van der Waals surface area contributed by atoms with Crippen molar-refractivity contribution in [3.8, 4) is 11.5 Å². The van der Waals surface area contributed by atoms with Crippen LogP contribution in [0.2, 0.25) is 0 Å². The lowest BCUT2D eigenvalue weighted by Gasteiger charge is -2.13. The van der Waals surface area contributed by atoms with Gasteiger partial charge in [0.15, 0.2) is 5.11 Å². The fraction of sp³-hybridized carbons (Fsp3) is 0.238. The van der Waals surface area contributed by atoms with Gasteiger partial charge in [0.2, 0.25) is 0 Å². The van der Waals surface area contributed by atoms with Gasteiger partial charge in [-0.05, 0) is 55.0 Å². The molecule has 5 nitrogen and oxygen atoms in total. The maximum absolute atomic E-state index is 12.3. The number of unbranched alkanes of at least 4 members (excludes halogenated alkanes) is 1. The lowest BCUT2D eigenvalue weighted by atomic mass is 10.2. The molecular weight excluding hydrogens is 360 g/mol. The van der Waals surface area contributed by atoms with Gasteiger partial charge >= 0.3 is 0 Å². The quantitative estimate of drug-likeness (QED) is 0.377. The van der Waals surface area contributed by atoms with Crippen LogP contribution in [-0.4, -0.2) is 24.2 Å². The summed E-state index contributed by atoms with van der Waals surface area (Å²) in [4.78, 5) is 12.3. The van der Waals surface area contributed by atoms with E-state index in [9.17, 15) is 4.79 Å². The second-order valence-corrected chi connectivity index (χ2v) is 6.14. The number of amides is 1. The second-order valence-electron chi connectivity index (χ2n) is 5.73. The zero-order valence-electron chi connectivity index (χ0n) is 15.4. The Labute approximate surface area is 165 Å². The highest BCUT2D eigenvalue weighted by atomic mass is 32.1. The van der Waals surface area contributed by atoms with E-state index in [0.717, 1.165) is 18.6 Å². The highest BCUT2D eigenvalue weighted by Crippen LogP contribution is 2.23. The summed E-state index contributed by atoms with van der Waals surface area (Å²) in [5, 5.41) is 5.84. The number of carbonyl (C=O) groups is 1. The molecule has 0 aromatic heterocycles. The summed E-state index contributed by atoms with van der Waals surface area (Å²) in [6.45, 7) is 6.79. The average Bonchev–Trinajstić information content (AvgIpc) is 2.68. The Morgan fingerprint density at radius 3 is 2.59 bits per heavy atom. The molecular formula is C21H24N2O3S. The Bertz CT molecular complexity index is 775. The number of carbonyl (C=O) groups excluding carboxylic acids is 1. The van der Waals surface area contributed by atoms with Crippen molar-refractivity contribution in [2.75, 3.05) is 18.5 Å². The van der Waals surface area contributed by atoms with Crippen molar-refractivity contribution >= 4 is 28.9 Å². The van der Waals surface area contributed by atoms with Crippen molar-refractivity contribution in [2.24, 2.45) is 0 Å². The van der Waals surface area contributed by atoms with E-state index in [0.29, 0.717) is 30.2 Å². The molecule has 0 heterocycles. The minimum absolute atomic E-state index is 0.193. The second kappa shape index (κ2) is 11.0. The maximum Gasteiger partial charge on any atom is 0.257 e. The van der Waals surface area contributed by atoms with E-state index in [2.05, 4.69) is 24.1 Å². The first kappa shape index (κ1) is 20.5. The summed E-state index contributed by atoms with van der Waals surface area (Å²) < 4.78 is 11.2. The lowest BCUT2D eigenvalue weighted by molar-refractivity contribution is 0.0977. The molecule has 0 aliphatic rings. The third-order valence-corrected chi connectivity index (χ3v) is 3.81. The van der Waals surface area contributed by atoms with Crippen LogP contribution >= 0.6 is 12.2 Å². The number of ether oxygens (including phenoxy) is 2. The van der Waals surface area contributed by atoms with E-state index in [1.54, 1.807) is 30.3 Å². The van der Waals surface area contributed by atoms with Crippen LogP contribution in [0.1, 0.15) is 30.1 Å². The molecule has 0 unspecified atom stereocenters. The van der Waals surface area contributed by atoms with Crippen LogP contribution in [0.5, 0.6) is 11.5 Å². The first-order valence-corrected chi connectivity index (χ1v) is 9.22. The third kappa shape index (κ3) is 6.75. The first-order chi connectivity index (χ1) is 13.1. The van der Waals surface area contributed by atoms with Crippen LogP contribution < -0.4 is 20.1 Å². The molecule has 0 atom stereocenters. The van der Waals surface area contributed by atoms with E-state index in [4.69, 9.17) is 21.7 Å². The predicted molar refractivity (Wildman–Crippen MR) is 113 cm³/mol. The third-order valence-electron chi connectivity index (χ3n) is 3.60. The van der Waals surface area contributed by atoms with Gasteiger partial charge in [-0.25, -0.2) is 0 Å². The molecule has 2 aromatic carbocycles. The van der Waals surface area contributed by atoms with Crippen molar-refractivity contribution in [2.45, 2.75) is 19.8 Å². The summed E-state index contributed by atoms with van der Waals surface area (Å²) in [5.41, 5.74) is 1.17. The number of hydrogen-bond acceptors (Lipinski definition) is 4. The molecule has 0 aliphatic carbocycles. The Hall–Kier alpha value is -2.86. The Morgan fingerprint density at radius 1 is 1.15 bits per heavy atom. The molecule has 0 radical (unpaired) electrons. The van der Waals surface area contributed by atoms with Gasteiger partial charge in [-0.1, -0.05) is 38.1 Å². The summed E-state index contributed by atoms with van der Waals surface area (Å²) in [6, 6.07) is 14.3. The van der Waals surface area contributed by atoms with Gasteiger partial charge < -0.3 is 14.8 Å². The molecule has 0 saturated heterocycles. The Kier molecular flexibility index (Phi) is 8.32. The first-order valence-electron chi connectivity index (χ1n) is 8.82. The Balaban J connectivity index is 1.92. The van der Waals surface area contributed by atoms with Crippen LogP contribution in [0.4, 0.5) is 5.69 Å². The van der Waals surface area contributed by atoms with Crippen molar-refractivity contribution in [1.82, 2.24) is 5.32 Å². The topological polar surface area (TPSA) is 59.6 Å². The number of hydrogen-bond donors (Lipinski definition) is 2. The van der Waals surface area contributed by atoms with Gasteiger partial charge in [-0.2, -0.15) is 0 Å². The van der Waals surface area contributed by atoms with Crippen LogP contribution in [0.15, 0.2) is 61.2 Å². The minimum atomic E-state index is -0.294. The SMILES string of the molecule is C=CCOc1ccccc1NC(=S)NC(=O)c1ccc(OCCCC)cc1. The van der Waals surface area contributed by atoms with Gasteiger partial charge in [-0.15, -0.1) is 0 Å². The number of thiocarbonyl (C=S) groups is 1. The van der Waals surface area contributed by atoms with Crippen LogP contribution in [0, 0.1) is 0 Å². The maximum atomic E-state index is 12.3. The molecule has 0 bridgehead atoms. The summed E-state index contributed by atoms with van der Waals surface area (Å²) >= 11 is 5.24. The number of benzene rings is 2. The number of anilines is 1. The number of nitrogens with one attached hydrogen (secondary N) is 2. The van der Waals surface area contributed by atoms with Crippen LogP contribution in [0.3, 0.4) is 0 Å². The van der Waals surface area contributed by atoms with E-state index in [-0.39, 0.29) is 11.0 Å². The molecule has 0 fully saturated rings. The summed E-state index contributed by atoms with van der Waals surface area (Å²) in [6.07, 6.45) is 3.74. The smallest absolute Gasteiger partial charge is 0.257 e. The lowest BCUT2D eigenvalue weighted by Crippen LogP contribution is -2.34. The molecule has 0 spiro atoms. The molecule has 0 saturated carbocycles. The number of rotatable bonds is 9. The molecule has 0 aliphatic heterocycles. The molecule has 2 N–H and O–H groups in total. The molecule has 6 heteroatoms. The zero-order valence-corrected chi connectivity index (χ0v) is 16.2. The van der Waals surface area contributed by atoms with Gasteiger partial charge in [0, 0.05) is 5.56 Å². The Morgan fingerprint density at radius 2 is 1.89 bits per heavy atom. The zero-order chi connectivity index (χ0) is 19.5. The standard InChI is InChI=1S/C21H24N2O3S/c1-3-5-15-25-17-12-10-16(11-13-17)20(24)23-21(27)22-18-8-6-7-9-19(18)26-14-4-2/h4,6-13H,2-3,5,14-15H2,1H3,(H2,22,23,24,27). The normalized spacial score (nSPS) is 9.96. The van der Waals surface area contributed by atoms with Crippen molar-refractivity contribution in [3.05, 3.63) is 66.7 Å². The van der Waals surface area contributed by atoms with Gasteiger partial charge in [0.05, 0.1) is 12.3 Å². The fourth-order valence-corrected chi connectivity index (χ4v) is 2.41. The van der Waals surface area contributed by atoms with E-state index in [1.807, 2.05) is 24.3 Å². The molecule has 2 aromatic rings. The largest absolute Gasteiger partial charge is 0.494 e. The molecule has 27 heavy (non-hydrogen) atoms. The van der Waals surface area contributed by atoms with Gasteiger partial charge in [-0.3, -0.25) is 10.1 Å². The van der Waals surface area contributed by atoms with Gasteiger partial charge in [0.25, 0.3) is 5.91 Å². The van der Waals surface area contributed by atoms with Crippen molar-refractivity contribution < 1.29 is 14.3 Å². The van der Waals surface area contributed by atoms with E-state index < -0.39 is 0 Å². The van der Waals surface area contributed by atoms with Crippen molar-refractivity contribution in [1.29, 1.82) is 0 Å². The van der Waals surface area contributed by atoms with Gasteiger partial charge in [0.1, 0.15) is 18.1 Å². The predicted octanol–water partition coefficient (Wildman–Crippen LogP) is 4.56. The highest BCUT2D eigenvalue weighted by molar-refractivity contribution is 7.80. The monoisotopic (exact) mass is 384 g/mol. The van der Waals surface area contributed by atoms with E-state index >= 15 is 0 Å². The van der Waals surface area contributed by atoms with Crippen LogP contribution in [-0.2, 0) is 0 Å². The summed E-state index contributed by atoms with van der Waals surface area (Å²) in [5.74, 6) is 1.08. The molecule has 2 rings (SSSR count). The van der Waals surface area contributed by atoms with Crippen LogP contribution in [0.25, 0.3) is 0 Å². The number of para-hydroxylation sites is 2. The highest BCUT2D eigenvalue weighted by Gasteiger charge is 2.10. The molecule has 1 amide bonds. The van der Waals surface area contributed by atoms with Crippen molar-refractivity contribution in [3.63, 3.8) is 0 Å². The summed E-state index contributed by atoms with van der Waals surface area (Å²) in [7, 11) is 0. The fourth-order valence-electron chi connectivity index (χ4n) is 2.21. The molecule has 142 valence electrons. The minimum Gasteiger partial charge on any atom is -0.494 e. The average molecular weight is 385 g/mol.